The Labute approximate surface area is 190 Å². The van der Waals surface area contributed by atoms with E-state index in [1.807, 2.05) is 24.3 Å². The summed E-state index contributed by atoms with van der Waals surface area (Å²) in [6.45, 7) is 3.18. The van der Waals surface area contributed by atoms with Crippen LogP contribution in [-0.2, 0) is 16.9 Å². The van der Waals surface area contributed by atoms with Crippen molar-refractivity contribution in [3.05, 3.63) is 77.3 Å². The molecule has 1 aliphatic rings. The normalized spacial score (nSPS) is 17.8. The molecule has 0 amide bonds. The zero-order chi connectivity index (χ0) is 22.7. The fourth-order valence-corrected chi connectivity index (χ4v) is 4.26. The zero-order valence-corrected chi connectivity index (χ0v) is 18.4. The van der Waals surface area contributed by atoms with Gasteiger partial charge in [0.2, 0.25) is 0 Å². The first-order valence-corrected chi connectivity index (χ1v) is 10.9. The maximum absolute atomic E-state index is 14.7. The Kier molecular flexibility index (Phi) is 6.74. The van der Waals surface area contributed by atoms with Crippen LogP contribution in [0.2, 0.25) is 5.02 Å². The number of aliphatic hydroxyl groups is 1. The summed E-state index contributed by atoms with van der Waals surface area (Å²) in [6.07, 6.45) is 3.37. The molecule has 170 valence electrons. The molecule has 6 nitrogen and oxygen atoms in total. The minimum Gasteiger partial charge on any atom is -0.380 e. The monoisotopic (exact) mass is 462 g/mol. The number of piperidine rings is 1. The van der Waals surface area contributed by atoms with E-state index in [2.05, 4.69) is 15.0 Å². The van der Waals surface area contributed by atoms with Crippen LogP contribution in [0.1, 0.15) is 25.3 Å². The second kappa shape index (κ2) is 9.52. The Balaban J connectivity index is 1.48. The van der Waals surface area contributed by atoms with Gasteiger partial charge >= 0.3 is 0 Å². The molecule has 1 aromatic heterocycles. The maximum atomic E-state index is 14.7. The third-order valence-corrected chi connectivity index (χ3v) is 6.22. The SMILES string of the molecule is C[C@@H](OC1CCN(c2ccc(Cl)cc2)CC1)[C@](O)(Cn1cncn1)c1ccc(F)cc1F. The molecule has 1 fully saturated rings. The van der Waals surface area contributed by atoms with Gasteiger partial charge in [-0.3, -0.25) is 0 Å². The van der Waals surface area contributed by atoms with Gasteiger partial charge in [0.25, 0.3) is 0 Å². The Hall–Kier alpha value is -2.55. The molecule has 4 rings (SSSR count). The molecule has 0 unspecified atom stereocenters. The molecule has 0 spiro atoms. The van der Waals surface area contributed by atoms with Gasteiger partial charge in [-0.25, -0.2) is 18.4 Å². The standard InChI is InChI=1S/C23H25ClF2N4O2/c1-16(32-20-8-10-29(11-9-20)19-5-2-17(24)3-6-19)23(31,13-30-15-27-14-28-30)21-7-4-18(25)12-22(21)26/h2-7,12,14-16,20,31H,8-11,13H2,1H3/t16-,23-/m1/s1. The van der Waals surface area contributed by atoms with Crippen molar-refractivity contribution in [3.8, 4) is 0 Å². The summed E-state index contributed by atoms with van der Waals surface area (Å²) in [4.78, 5) is 6.14. The number of halogens is 3. The van der Waals surface area contributed by atoms with Crippen molar-refractivity contribution in [1.82, 2.24) is 14.8 Å². The van der Waals surface area contributed by atoms with E-state index in [9.17, 15) is 13.9 Å². The number of benzene rings is 2. The Morgan fingerprint density at radius 1 is 1.19 bits per heavy atom. The van der Waals surface area contributed by atoms with E-state index in [4.69, 9.17) is 16.3 Å². The molecule has 9 heteroatoms. The highest BCUT2D eigenvalue weighted by atomic mass is 35.5. The van der Waals surface area contributed by atoms with Crippen LogP contribution < -0.4 is 4.90 Å². The smallest absolute Gasteiger partial charge is 0.138 e. The molecule has 2 atom stereocenters. The van der Waals surface area contributed by atoms with Gasteiger partial charge in [-0.2, -0.15) is 5.10 Å². The maximum Gasteiger partial charge on any atom is 0.138 e. The third kappa shape index (κ3) is 4.92. The molecule has 2 heterocycles. The molecule has 0 aliphatic carbocycles. The van der Waals surface area contributed by atoms with Crippen molar-refractivity contribution in [2.75, 3.05) is 18.0 Å². The summed E-state index contributed by atoms with van der Waals surface area (Å²) in [6, 6.07) is 10.8. The third-order valence-electron chi connectivity index (χ3n) is 5.97. The van der Waals surface area contributed by atoms with Gasteiger partial charge in [0.15, 0.2) is 0 Å². The van der Waals surface area contributed by atoms with Gasteiger partial charge in [-0.05, 0) is 50.1 Å². The largest absolute Gasteiger partial charge is 0.380 e. The molecule has 3 aromatic rings. The number of rotatable bonds is 7. The number of hydrogen-bond donors (Lipinski definition) is 1. The van der Waals surface area contributed by atoms with E-state index in [0.717, 1.165) is 43.8 Å². The lowest BCUT2D eigenvalue weighted by Crippen LogP contribution is -2.47. The zero-order valence-electron chi connectivity index (χ0n) is 17.7. The van der Waals surface area contributed by atoms with Crippen molar-refractivity contribution in [1.29, 1.82) is 0 Å². The van der Waals surface area contributed by atoms with Crippen LogP contribution in [0.3, 0.4) is 0 Å². The lowest BCUT2D eigenvalue weighted by atomic mass is 9.87. The molecular weight excluding hydrogens is 438 g/mol. The van der Waals surface area contributed by atoms with Gasteiger partial charge < -0.3 is 14.7 Å². The van der Waals surface area contributed by atoms with Crippen molar-refractivity contribution in [2.45, 2.75) is 44.1 Å². The van der Waals surface area contributed by atoms with E-state index < -0.39 is 23.3 Å². The van der Waals surface area contributed by atoms with Crippen molar-refractivity contribution in [2.24, 2.45) is 0 Å². The van der Waals surface area contributed by atoms with E-state index in [1.54, 1.807) is 6.92 Å². The number of nitrogens with zero attached hydrogens (tertiary/aromatic N) is 4. The second-order valence-electron chi connectivity index (χ2n) is 8.08. The Morgan fingerprint density at radius 2 is 1.91 bits per heavy atom. The molecule has 32 heavy (non-hydrogen) atoms. The Morgan fingerprint density at radius 3 is 2.53 bits per heavy atom. The highest BCUT2D eigenvalue weighted by Gasteiger charge is 2.41. The van der Waals surface area contributed by atoms with Gasteiger partial charge in [0.1, 0.15) is 29.9 Å². The number of aromatic nitrogens is 3. The predicted octanol–water partition coefficient (Wildman–Crippen LogP) is 4.17. The predicted molar refractivity (Wildman–Crippen MR) is 118 cm³/mol. The molecule has 0 bridgehead atoms. The lowest BCUT2D eigenvalue weighted by Gasteiger charge is -2.39. The van der Waals surface area contributed by atoms with Crippen LogP contribution >= 0.6 is 11.6 Å². The van der Waals surface area contributed by atoms with Crippen LogP contribution in [0.4, 0.5) is 14.5 Å². The van der Waals surface area contributed by atoms with Crippen LogP contribution in [0.15, 0.2) is 55.1 Å². The van der Waals surface area contributed by atoms with Gasteiger partial charge in [0, 0.05) is 35.4 Å². The first kappa shape index (κ1) is 22.6. The minimum absolute atomic E-state index is 0.0412. The summed E-state index contributed by atoms with van der Waals surface area (Å²) in [5, 5.41) is 16.3. The fourth-order valence-electron chi connectivity index (χ4n) is 4.14. The molecular formula is C23H25ClF2N4O2. The van der Waals surface area contributed by atoms with E-state index in [1.165, 1.54) is 23.4 Å². The van der Waals surface area contributed by atoms with Crippen LogP contribution in [0.5, 0.6) is 0 Å². The van der Waals surface area contributed by atoms with Crippen molar-refractivity contribution < 1.29 is 18.6 Å². The highest BCUT2D eigenvalue weighted by Crippen LogP contribution is 2.33. The number of ether oxygens (including phenoxy) is 1. The average Bonchev–Trinajstić information content (AvgIpc) is 3.27. The highest BCUT2D eigenvalue weighted by molar-refractivity contribution is 6.30. The van der Waals surface area contributed by atoms with Crippen LogP contribution in [-0.4, -0.2) is 45.2 Å². The topological polar surface area (TPSA) is 63.4 Å². The quantitative estimate of drug-likeness (QED) is 0.571. The van der Waals surface area contributed by atoms with E-state index in [0.29, 0.717) is 5.02 Å². The molecule has 1 N–H and O–H groups in total. The van der Waals surface area contributed by atoms with Gasteiger partial charge in [-0.1, -0.05) is 17.7 Å². The summed E-state index contributed by atoms with van der Waals surface area (Å²) in [5.74, 6) is -1.54. The van der Waals surface area contributed by atoms with Crippen LogP contribution in [0, 0.1) is 11.6 Å². The first-order valence-electron chi connectivity index (χ1n) is 10.5. The van der Waals surface area contributed by atoms with Gasteiger partial charge in [0.05, 0.1) is 18.8 Å². The summed E-state index contributed by atoms with van der Waals surface area (Å²) < 4.78 is 35.8. The minimum atomic E-state index is -1.77. The summed E-state index contributed by atoms with van der Waals surface area (Å²) >= 11 is 5.97. The van der Waals surface area contributed by atoms with Crippen LogP contribution in [0.25, 0.3) is 0 Å². The molecule has 1 saturated heterocycles. The van der Waals surface area contributed by atoms with E-state index >= 15 is 0 Å². The van der Waals surface area contributed by atoms with Crippen molar-refractivity contribution in [3.63, 3.8) is 0 Å². The number of hydrogen-bond acceptors (Lipinski definition) is 5. The summed E-state index contributed by atoms with van der Waals surface area (Å²) in [7, 11) is 0. The molecule has 2 aromatic carbocycles. The van der Waals surface area contributed by atoms with Gasteiger partial charge in [-0.15, -0.1) is 0 Å². The average molecular weight is 463 g/mol. The number of anilines is 1. The molecule has 0 saturated carbocycles. The van der Waals surface area contributed by atoms with Crippen molar-refractivity contribution >= 4 is 17.3 Å². The lowest BCUT2D eigenvalue weighted by molar-refractivity contribution is -0.145. The van der Waals surface area contributed by atoms with E-state index in [-0.39, 0.29) is 18.2 Å². The fraction of sp³-hybridized carbons (Fsp3) is 0.391. The molecule has 0 radical (unpaired) electrons. The molecule has 1 aliphatic heterocycles. The second-order valence-corrected chi connectivity index (χ2v) is 8.52. The first-order chi connectivity index (χ1) is 15.3. The Bertz CT molecular complexity index is 1030. The summed E-state index contributed by atoms with van der Waals surface area (Å²) in [5.41, 5.74) is -0.712.